The standard InChI is InChI=1S/C33H40Cl2N2O2/c1-6-23(2)36-32(39)30(20-25-10-8-7-9-11-25)37(22-26-15-18-28(34)21-29(26)35)31(38)19-14-24-12-16-27(17-13-24)33(3,4)5/h7-13,15-18,21,23,30H,6,14,19-20,22H2,1-5H3,(H,36,39)/t23-,30-/m1/s1. The Morgan fingerprint density at radius 2 is 1.59 bits per heavy atom. The van der Waals surface area contributed by atoms with E-state index >= 15 is 0 Å². The summed E-state index contributed by atoms with van der Waals surface area (Å²) in [7, 11) is 0. The zero-order valence-corrected chi connectivity index (χ0v) is 25.1. The Morgan fingerprint density at radius 3 is 2.18 bits per heavy atom. The van der Waals surface area contributed by atoms with Gasteiger partial charge in [0.2, 0.25) is 11.8 Å². The molecule has 0 saturated carbocycles. The van der Waals surface area contributed by atoms with Gasteiger partial charge in [-0.3, -0.25) is 9.59 Å². The summed E-state index contributed by atoms with van der Waals surface area (Å²) in [6.45, 7) is 10.8. The van der Waals surface area contributed by atoms with Gasteiger partial charge in [-0.15, -0.1) is 0 Å². The normalized spacial score (nSPS) is 13.0. The smallest absolute Gasteiger partial charge is 0.243 e. The first-order valence-corrected chi connectivity index (χ1v) is 14.4. The number of carbonyl (C=O) groups excluding carboxylic acids is 2. The van der Waals surface area contributed by atoms with Gasteiger partial charge in [-0.1, -0.05) is 112 Å². The molecule has 6 heteroatoms. The van der Waals surface area contributed by atoms with Crippen LogP contribution in [0, 0.1) is 0 Å². The van der Waals surface area contributed by atoms with E-state index in [1.807, 2.05) is 50.2 Å². The summed E-state index contributed by atoms with van der Waals surface area (Å²) in [6, 6.07) is 22.8. The van der Waals surface area contributed by atoms with E-state index in [4.69, 9.17) is 23.2 Å². The van der Waals surface area contributed by atoms with Crippen molar-refractivity contribution >= 4 is 35.0 Å². The Morgan fingerprint density at radius 1 is 0.923 bits per heavy atom. The minimum Gasteiger partial charge on any atom is -0.352 e. The van der Waals surface area contributed by atoms with Crippen LogP contribution in [0.3, 0.4) is 0 Å². The van der Waals surface area contributed by atoms with E-state index in [1.165, 1.54) is 5.56 Å². The number of hydrogen-bond donors (Lipinski definition) is 1. The van der Waals surface area contributed by atoms with Crippen LogP contribution in [-0.2, 0) is 34.4 Å². The molecular weight excluding hydrogens is 527 g/mol. The van der Waals surface area contributed by atoms with Crippen LogP contribution in [0.25, 0.3) is 0 Å². The lowest BCUT2D eigenvalue weighted by atomic mass is 9.86. The van der Waals surface area contributed by atoms with Crippen molar-refractivity contribution in [3.05, 3.63) is 105 Å². The molecule has 0 spiro atoms. The summed E-state index contributed by atoms with van der Waals surface area (Å²) in [6.07, 6.45) is 2.06. The number of carbonyl (C=O) groups is 2. The van der Waals surface area contributed by atoms with E-state index in [0.717, 1.165) is 23.1 Å². The molecule has 2 amide bonds. The van der Waals surface area contributed by atoms with Crippen molar-refractivity contribution in [1.29, 1.82) is 0 Å². The highest BCUT2D eigenvalue weighted by atomic mass is 35.5. The van der Waals surface area contributed by atoms with Crippen LogP contribution < -0.4 is 5.32 Å². The second kappa shape index (κ2) is 14.0. The molecule has 0 heterocycles. The SMILES string of the molecule is CC[C@@H](C)NC(=O)[C@@H](Cc1ccccc1)N(Cc1ccc(Cl)cc1Cl)C(=O)CCc1ccc(C(C)(C)C)cc1. The van der Waals surface area contributed by atoms with Crippen molar-refractivity contribution in [3.63, 3.8) is 0 Å². The average Bonchev–Trinajstić information content (AvgIpc) is 2.90. The molecule has 0 saturated heterocycles. The summed E-state index contributed by atoms with van der Waals surface area (Å²) in [5.74, 6) is -0.262. The van der Waals surface area contributed by atoms with E-state index in [2.05, 4.69) is 50.4 Å². The topological polar surface area (TPSA) is 49.4 Å². The van der Waals surface area contributed by atoms with Gasteiger partial charge in [0.15, 0.2) is 0 Å². The molecule has 0 aromatic heterocycles. The van der Waals surface area contributed by atoms with Gasteiger partial charge in [-0.05, 0) is 59.6 Å². The molecule has 2 atom stereocenters. The van der Waals surface area contributed by atoms with Gasteiger partial charge in [0.05, 0.1) is 0 Å². The van der Waals surface area contributed by atoms with Crippen LogP contribution in [-0.4, -0.2) is 28.8 Å². The van der Waals surface area contributed by atoms with E-state index in [-0.39, 0.29) is 36.2 Å². The molecule has 4 nitrogen and oxygen atoms in total. The number of halogens is 2. The Kier molecular flexibility index (Phi) is 11.0. The first-order chi connectivity index (χ1) is 18.5. The maximum absolute atomic E-state index is 13.9. The third kappa shape index (κ3) is 9.12. The van der Waals surface area contributed by atoms with Crippen molar-refractivity contribution in [1.82, 2.24) is 10.2 Å². The zero-order chi connectivity index (χ0) is 28.6. The molecular formula is C33H40Cl2N2O2. The van der Waals surface area contributed by atoms with Gasteiger partial charge in [-0.25, -0.2) is 0 Å². The number of aryl methyl sites for hydroxylation is 1. The molecule has 3 aromatic carbocycles. The fraction of sp³-hybridized carbons (Fsp3) is 0.394. The maximum atomic E-state index is 13.9. The van der Waals surface area contributed by atoms with Gasteiger partial charge >= 0.3 is 0 Å². The van der Waals surface area contributed by atoms with Gasteiger partial charge in [0, 0.05) is 35.5 Å². The molecule has 0 aliphatic carbocycles. The summed E-state index contributed by atoms with van der Waals surface area (Å²) in [5, 5.41) is 4.10. The predicted molar refractivity (Wildman–Crippen MR) is 162 cm³/mol. The van der Waals surface area contributed by atoms with Crippen LogP contribution >= 0.6 is 23.2 Å². The first-order valence-electron chi connectivity index (χ1n) is 13.6. The third-order valence-electron chi connectivity index (χ3n) is 7.08. The van der Waals surface area contributed by atoms with Gasteiger partial charge in [0.1, 0.15) is 6.04 Å². The summed E-state index contributed by atoms with van der Waals surface area (Å²) in [4.78, 5) is 29.2. The number of nitrogens with one attached hydrogen (secondary N) is 1. The third-order valence-corrected chi connectivity index (χ3v) is 7.66. The minimum absolute atomic E-state index is 0.00632. The second-order valence-corrected chi connectivity index (χ2v) is 12.1. The minimum atomic E-state index is -0.691. The van der Waals surface area contributed by atoms with Gasteiger partial charge in [-0.2, -0.15) is 0 Å². The van der Waals surface area contributed by atoms with Crippen molar-refractivity contribution < 1.29 is 9.59 Å². The number of hydrogen-bond acceptors (Lipinski definition) is 2. The van der Waals surface area contributed by atoms with Crippen molar-refractivity contribution in [2.75, 3.05) is 0 Å². The largest absolute Gasteiger partial charge is 0.352 e. The average molecular weight is 568 g/mol. The van der Waals surface area contributed by atoms with E-state index in [1.54, 1.807) is 17.0 Å². The summed E-state index contributed by atoms with van der Waals surface area (Å²) in [5.41, 5.74) is 4.14. The number of nitrogens with zero attached hydrogens (tertiary/aromatic N) is 1. The molecule has 0 radical (unpaired) electrons. The van der Waals surface area contributed by atoms with Gasteiger partial charge in [0.25, 0.3) is 0 Å². The Balaban J connectivity index is 1.92. The summed E-state index contributed by atoms with van der Waals surface area (Å²) >= 11 is 12.7. The molecule has 0 unspecified atom stereocenters. The lowest BCUT2D eigenvalue weighted by Crippen LogP contribution is -2.52. The van der Waals surface area contributed by atoms with Crippen LogP contribution in [0.2, 0.25) is 10.0 Å². The van der Waals surface area contributed by atoms with Crippen LogP contribution in [0.15, 0.2) is 72.8 Å². The zero-order valence-electron chi connectivity index (χ0n) is 23.6. The molecule has 1 N–H and O–H groups in total. The number of rotatable bonds is 11. The molecule has 0 fully saturated rings. The first kappa shape index (κ1) is 30.7. The number of benzene rings is 3. The predicted octanol–water partition coefficient (Wildman–Crippen LogP) is 7.78. The lowest BCUT2D eigenvalue weighted by molar-refractivity contribution is -0.141. The molecule has 208 valence electrons. The van der Waals surface area contributed by atoms with E-state index in [0.29, 0.717) is 22.9 Å². The van der Waals surface area contributed by atoms with Crippen molar-refractivity contribution in [2.24, 2.45) is 0 Å². The molecule has 3 rings (SSSR count). The lowest BCUT2D eigenvalue weighted by Gasteiger charge is -2.32. The van der Waals surface area contributed by atoms with E-state index in [9.17, 15) is 9.59 Å². The monoisotopic (exact) mass is 566 g/mol. The fourth-order valence-electron chi connectivity index (χ4n) is 4.39. The second-order valence-electron chi connectivity index (χ2n) is 11.2. The highest BCUT2D eigenvalue weighted by Crippen LogP contribution is 2.26. The molecule has 39 heavy (non-hydrogen) atoms. The number of amides is 2. The highest BCUT2D eigenvalue weighted by molar-refractivity contribution is 6.35. The molecule has 0 aliphatic heterocycles. The van der Waals surface area contributed by atoms with Crippen LogP contribution in [0.1, 0.15) is 69.7 Å². The highest BCUT2D eigenvalue weighted by Gasteiger charge is 2.31. The maximum Gasteiger partial charge on any atom is 0.243 e. The Hall–Kier alpha value is -2.82. The van der Waals surface area contributed by atoms with Crippen molar-refractivity contribution in [3.8, 4) is 0 Å². The van der Waals surface area contributed by atoms with Crippen LogP contribution in [0.4, 0.5) is 0 Å². The Labute approximate surface area is 243 Å². The quantitative estimate of drug-likeness (QED) is 0.257. The summed E-state index contributed by atoms with van der Waals surface area (Å²) < 4.78 is 0. The molecule has 0 bridgehead atoms. The fourth-order valence-corrected chi connectivity index (χ4v) is 4.86. The van der Waals surface area contributed by atoms with Crippen LogP contribution in [0.5, 0.6) is 0 Å². The van der Waals surface area contributed by atoms with Crippen molar-refractivity contribution in [2.45, 2.75) is 84.3 Å². The Bertz CT molecular complexity index is 1240. The molecule has 0 aliphatic rings. The van der Waals surface area contributed by atoms with Gasteiger partial charge < -0.3 is 10.2 Å². The van der Waals surface area contributed by atoms with E-state index < -0.39 is 6.04 Å². The molecule has 3 aromatic rings.